The van der Waals surface area contributed by atoms with Gasteiger partial charge in [0.1, 0.15) is 6.10 Å². The smallest absolute Gasteiger partial charge is 0.332 e. The Balaban J connectivity index is 1.98. The Labute approximate surface area is 118 Å². The van der Waals surface area contributed by atoms with Crippen LogP contribution in [0.2, 0.25) is 0 Å². The number of carbonyl (C=O) groups is 2. The number of benzene rings is 1. The molecular weight excluding hydrogens is 349 g/mol. The fourth-order valence-electron chi connectivity index (χ4n) is 1.79. The van der Waals surface area contributed by atoms with Crippen molar-refractivity contribution in [2.75, 3.05) is 5.32 Å². The lowest BCUT2D eigenvalue weighted by Crippen LogP contribution is -2.30. The van der Waals surface area contributed by atoms with Gasteiger partial charge in [-0.15, -0.1) is 0 Å². The zero-order valence-corrected chi connectivity index (χ0v) is 11.6. The Morgan fingerprint density at radius 3 is 2.56 bits per heavy atom. The van der Waals surface area contributed by atoms with Crippen LogP contribution in [0.1, 0.15) is 12.8 Å². The van der Waals surface area contributed by atoms with Gasteiger partial charge in [-0.2, -0.15) is 0 Å². The number of hydrogen-bond donors (Lipinski definition) is 2. The molecule has 0 spiro atoms. The standard InChI is InChI=1S/C12H12INO4/c13-7-3-1-2-4-8(7)14-11(15)9-5-6-10(18-9)12(16)17/h1-4,9-10H,5-6H2,(H,14,15)(H,16,17)/t9-,10+/m0/s1. The summed E-state index contributed by atoms with van der Waals surface area (Å²) in [4.78, 5) is 22.6. The summed E-state index contributed by atoms with van der Waals surface area (Å²) >= 11 is 2.12. The molecule has 1 aromatic carbocycles. The maximum absolute atomic E-state index is 11.9. The minimum atomic E-state index is -1.01. The van der Waals surface area contributed by atoms with Crippen LogP contribution in [0.15, 0.2) is 24.3 Å². The first kappa shape index (κ1) is 13.3. The summed E-state index contributed by atoms with van der Waals surface area (Å²) in [5.41, 5.74) is 0.713. The van der Waals surface area contributed by atoms with Crippen LogP contribution >= 0.6 is 22.6 Å². The number of nitrogens with one attached hydrogen (secondary N) is 1. The van der Waals surface area contributed by atoms with Gasteiger partial charge in [-0.1, -0.05) is 12.1 Å². The third kappa shape index (κ3) is 2.99. The first-order valence-electron chi connectivity index (χ1n) is 5.51. The van der Waals surface area contributed by atoms with Gasteiger partial charge in [-0.25, -0.2) is 4.79 Å². The molecule has 18 heavy (non-hydrogen) atoms. The molecule has 2 rings (SSSR count). The Morgan fingerprint density at radius 1 is 1.28 bits per heavy atom. The second-order valence-corrected chi connectivity index (χ2v) is 5.16. The molecule has 0 radical (unpaired) electrons. The molecular formula is C12H12INO4. The Hall–Kier alpha value is -1.15. The summed E-state index contributed by atoms with van der Waals surface area (Å²) in [7, 11) is 0. The number of aliphatic carboxylic acids is 1. The predicted molar refractivity (Wildman–Crippen MR) is 73.3 cm³/mol. The van der Waals surface area contributed by atoms with Crippen LogP contribution in [0.3, 0.4) is 0 Å². The molecule has 6 heteroatoms. The molecule has 1 saturated heterocycles. The normalized spacial score (nSPS) is 22.7. The van der Waals surface area contributed by atoms with Crippen molar-refractivity contribution in [3.8, 4) is 0 Å². The number of anilines is 1. The zero-order valence-electron chi connectivity index (χ0n) is 9.43. The fraction of sp³-hybridized carbons (Fsp3) is 0.333. The van der Waals surface area contributed by atoms with E-state index in [1.165, 1.54) is 0 Å². The van der Waals surface area contributed by atoms with Crippen molar-refractivity contribution in [2.24, 2.45) is 0 Å². The molecule has 1 heterocycles. The number of carboxylic acids is 1. The maximum atomic E-state index is 11.9. The second-order valence-electron chi connectivity index (χ2n) is 4.00. The minimum absolute atomic E-state index is 0.289. The van der Waals surface area contributed by atoms with Crippen LogP contribution in [0.25, 0.3) is 0 Å². The van der Waals surface area contributed by atoms with Gasteiger partial charge >= 0.3 is 5.97 Å². The fourth-order valence-corrected chi connectivity index (χ4v) is 2.31. The van der Waals surface area contributed by atoms with E-state index in [4.69, 9.17) is 9.84 Å². The molecule has 1 aromatic rings. The van der Waals surface area contributed by atoms with Crippen LogP contribution in [-0.2, 0) is 14.3 Å². The molecule has 0 unspecified atom stereocenters. The number of amides is 1. The Bertz CT molecular complexity index is 477. The lowest BCUT2D eigenvalue weighted by atomic mass is 10.2. The van der Waals surface area contributed by atoms with E-state index < -0.39 is 18.2 Å². The van der Waals surface area contributed by atoms with Crippen molar-refractivity contribution in [2.45, 2.75) is 25.0 Å². The number of halogens is 1. The molecule has 1 aliphatic rings. The SMILES string of the molecule is O=C(Nc1ccccc1I)[C@@H]1CC[C@H](C(=O)O)O1. The number of carboxylic acid groups (broad SMARTS) is 1. The van der Waals surface area contributed by atoms with Gasteiger partial charge in [0.05, 0.1) is 5.69 Å². The zero-order chi connectivity index (χ0) is 13.1. The number of carbonyl (C=O) groups excluding carboxylic acids is 1. The van der Waals surface area contributed by atoms with Crippen molar-refractivity contribution in [1.82, 2.24) is 0 Å². The summed E-state index contributed by atoms with van der Waals surface area (Å²) in [6, 6.07) is 7.38. The largest absolute Gasteiger partial charge is 0.479 e. The molecule has 1 fully saturated rings. The molecule has 0 aromatic heterocycles. The van der Waals surface area contributed by atoms with E-state index in [1.807, 2.05) is 18.2 Å². The van der Waals surface area contributed by atoms with E-state index in [1.54, 1.807) is 6.07 Å². The summed E-state index contributed by atoms with van der Waals surface area (Å²) < 4.78 is 6.11. The number of para-hydroxylation sites is 1. The van der Waals surface area contributed by atoms with Gasteiger partial charge in [0.15, 0.2) is 6.10 Å². The Morgan fingerprint density at radius 2 is 1.94 bits per heavy atom. The van der Waals surface area contributed by atoms with Gasteiger partial charge in [-0.05, 0) is 47.6 Å². The molecule has 1 aliphatic heterocycles. The van der Waals surface area contributed by atoms with E-state index in [0.29, 0.717) is 18.5 Å². The molecule has 5 nitrogen and oxygen atoms in total. The van der Waals surface area contributed by atoms with Gasteiger partial charge in [0, 0.05) is 3.57 Å². The molecule has 2 N–H and O–H groups in total. The number of ether oxygens (including phenoxy) is 1. The lowest BCUT2D eigenvalue weighted by Gasteiger charge is -2.12. The third-order valence-electron chi connectivity index (χ3n) is 2.72. The highest BCUT2D eigenvalue weighted by Gasteiger charge is 2.34. The molecule has 0 aliphatic carbocycles. The summed E-state index contributed by atoms with van der Waals surface area (Å²) in [6.45, 7) is 0. The van der Waals surface area contributed by atoms with E-state index in [9.17, 15) is 9.59 Å². The van der Waals surface area contributed by atoms with Crippen molar-refractivity contribution < 1.29 is 19.4 Å². The van der Waals surface area contributed by atoms with Crippen LogP contribution in [-0.4, -0.2) is 29.2 Å². The topological polar surface area (TPSA) is 75.6 Å². The van der Waals surface area contributed by atoms with Crippen LogP contribution < -0.4 is 5.32 Å². The van der Waals surface area contributed by atoms with Crippen LogP contribution in [0.5, 0.6) is 0 Å². The third-order valence-corrected chi connectivity index (χ3v) is 3.66. The van der Waals surface area contributed by atoms with Crippen molar-refractivity contribution in [1.29, 1.82) is 0 Å². The van der Waals surface area contributed by atoms with Gasteiger partial charge in [0.2, 0.25) is 0 Å². The van der Waals surface area contributed by atoms with E-state index in [-0.39, 0.29) is 5.91 Å². The van der Waals surface area contributed by atoms with Crippen LogP contribution in [0.4, 0.5) is 5.69 Å². The highest BCUT2D eigenvalue weighted by molar-refractivity contribution is 14.1. The highest BCUT2D eigenvalue weighted by Crippen LogP contribution is 2.23. The molecule has 0 saturated carbocycles. The van der Waals surface area contributed by atoms with Crippen molar-refractivity contribution in [3.63, 3.8) is 0 Å². The highest BCUT2D eigenvalue weighted by atomic mass is 127. The van der Waals surface area contributed by atoms with E-state index >= 15 is 0 Å². The van der Waals surface area contributed by atoms with Crippen molar-refractivity contribution >= 4 is 40.2 Å². The quantitative estimate of drug-likeness (QED) is 0.806. The van der Waals surface area contributed by atoms with Crippen molar-refractivity contribution in [3.05, 3.63) is 27.8 Å². The van der Waals surface area contributed by atoms with Gasteiger partial charge in [-0.3, -0.25) is 4.79 Å². The number of hydrogen-bond acceptors (Lipinski definition) is 3. The lowest BCUT2D eigenvalue weighted by molar-refractivity contribution is -0.150. The van der Waals surface area contributed by atoms with Crippen LogP contribution in [0, 0.1) is 3.57 Å². The summed E-state index contributed by atoms with van der Waals surface area (Å²) in [5, 5.41) is 11.5. The van der Waals surface area contributed by atoms with Gasteiger partial charge < -0.3 is 15.2 Å². The van der Waals surface area contributed by atoms with Gasteiger partial charge in [0.25, 0.3) is 5.91 Å². The monoisotopic (exact) mass is 361 g/mol. The second kappa shape index (κ2) is 5.66. The maximum Gasteiger partial charge on any atom is 0.332 e. The number of rotatable bonds is 3. The molecule has 2 atom stereocenters. The molecule has 96 valence electrons. The first-order valence-corrected chi connectivity index (χ1v) is 6.59. The Kier molecular flexibility index (Phi) is 4.18. The molecule has 1 amide bonds. The summed E-state index contributed by atoms with van der Waals surface area (Å²) in [5.74, 6) is -1.30. The van der Waals surface area contributed by atoms with E-state index in [2.05, 4.69) is 27.9 Å². The predicted octanol–water partition coefficient (Wildman–Crippen LogP) is 1.86. The van der Waals surface area contributed by atoms with E-state index in [0.717, 1.165) is 3.57 Å². The molecule has 0 bridgehead atoms. The minimum Gasteiger partial charge on any atom is -0.479 e. The summed E-state index contributed by atoms with van der Waals surface area (Å²) in [6.07, 6.45) is -0.733. The average molecular weight is 361 g/mol. The first-order chi connectivity index (χ1) is 8.58. The average Bonchev–Trinajstić information content (AvgIpc) is 2.81.